The molecule has 1 aliphatic heterocycles. The summed E-state index contributed by atoms with van der Waals surface area (Å²) in [5.41, 5.74) is 5.73. The molecule has 1 aliphatic rings. The van der Waals surface area contributed by atoms with Crippen molar-refractivity contribution in [2.24, 2.45) is 11.1 Å². The number of amides is 1. The number of piperidine rings is 1. The van der Waals surface area contributed by atoms with Crippen molar-refractivity contribution < 1.29 is 9.53 Å². The third-order valence-corrected chi connectivity index (χ3v) is 3.10. The van der Waals surface area contributed by atoms with Gasteiger partial charge in [0.1, 0.15) is 5.60 Å². The van der Waals surface area contributed by atoms with Gasteiger partial charge in [-0.25, -0.2) is 4.79 Å². The average Bonchev–Trinajstić information content (AvgIpc) is 2.06. The molecule has 4 heteroatoms. The first-order valence-corrected chi connectivity index (χ1v) is 5.85. The molecule has 1 saturated heterocycles. The number of likely N-dealkylation sites (tertiary alicyclic amines) is 1. The van der Waals surface area contributed by atoms with E-state index in [2.05, 4.69) is 13.8 Å². The first-order valence-electron chi connectivity index (χ1n) is 5.85. The fourth-order valence-electron chi connectivity index (χ4n) is 1.68. The second kappa shape index (κ2) is 4.24. The zero-order chi connectivity index (χ0) is 12.6. The molecule has 0 bridgehead atoms. The monoisotopic (exact) mass is 228 g/mol. The van der Waals surface area contributed by atoms with Crippen LogP contribution in [0.5, 0.6) is 0 Å². The second-order valence-electron chi connectivity index (χ2n) is 6.27. The smallest absolute Gasteiger partial charge is 0.410 e. The van der Waals surface area contributed by atoms with E-state index in [1.165, 1.54) is 0 Å². The predicted molar refractivity (Wildman–Crippen MR) is 64.2 cm³/mol. The number of carbonyl (C=O) groups excluding carboxylic acids is 1. The molecule has 0 radical (unpaired) electrons. The highest BCUT2D eigenvalue weighted by atomic mass is 16.6. The van der Waals surface area contributed by atoms with Crippen LogP contribution < -0.4 is 5.73 Å². The molecule has 0 spiro atoms. The van der Waals surface area contributed by atoms with Gasteiger partial charge >= 0.3 is 6.09 Å². The Morgan fingerprint density at radius 2 is 2.00 bits per heavy atom. The van der Waals surface area contributed by atoms with Gasteiger partial charge in [-0.15, -0.1) is 0 Å². The molecule has 0 saturated carbocycles. The molecule has 1 fully saturated rings. The van der Waals surface area contributed by atoms with Gasteiger partial charge in [-0.1, -0.05) is 13.8 Å². The maximum absolute atomic E-state index is 11.8. The van der Waals surface area contributed by atoms with Crippen molar-refractivity contribution in [1.82, 2.24) is 4.90 Å². The van der Waals surface area contributed by atoms with Crippen LogP contribution >= 0.6 is 0 Å². The molecule has 2 N–H and O–H groups in total. The maximum Gasteiger partial charge on any atom is 0.410 e. The predicted octanol–water partition coefficient (Wildman–Crippen LogP) is 1.98. The molecular weight excluding hydrogens is 204 g/mol. The fourth-order valence-corrected chi connectivity index (χ4v) is 1.68. The molecule has 1 atom stereocenters. The highest BCUT2D eigenvalue weighted by molar-refractivity contribution is 5.68. The van der Waals surface area contributed by atoms with Crippen molar-refractivity contribution in [1.29, 1.82) is 0 Å². The average molecular weight is 228 g/mol. The summed E-state index contributed by atoms with van der Waals surface area (Å²) in [6, 6.07) is 0.0220. The van der Waals surface area contributed by atoms with E-state index in [9.17, 15) is 4.79 Å². The van der Waals surface area contributed by atoms with E-state index in [0.717, 1.165) is 13.0 Å². The van der Waals surface area contributed by atoms with Crippen LogP contribution in [0.15, 0.2) is 0 Å². The Hall–Kier alpha value is -0.770. The molecule has 16 heavy (non-hydrogen) atoms. The first-order chi connectivity index (χ1) is 7.12. The molecule has 4 nitrogen and oxygen atoms in total. The van der Waals surface area contributed by atoms with Crippen molar-refractivity contribution in [3.8, 4) is 0 Å². The first kappa shape index (κ1) is 13.3. The summed E-state index contributed by atoms with van der Waals surface area (Å²) in [5, 5.41) is 0. The molecule has 0 aliphatic carbocycles. The Balaban J connectivity index is 2.55. The number of hydrogen-bond acceptors (Lipinski definition) is 3. The number of rotatable bonds is 0. The van der Waals surface area contributed by atoms with E-state index in [1.807, 2.05) is 20.8 Å². The molecule has 1 heterocycles. The normalized spacial score (nSPS) is 25.4. The SMILES string of the molecule is CC(C)(C)OC(=O)N1CCC(C)(C)[C@@H](N)C1. The lowest BCUT2D eigenvalue weighted by atomic mass is 9.79. The van der Waals surface area contributed by atoms with Crippen LogP contribution in [0.1, 0.15) is 41.0 Å². The van der Waals surface area contributed by atoms with Crippen LogP contribution in [-0.2, 0) is 4.74 Å². The molecule has 0 aromatic rings. The van der Waals surface area contributed by atoms with Crippen LogP contribution in [0.3, 0.4) is 0 Å². The van der Waals surface area contributed by atoms with Crippen molar-refractivity contribution in [3.05, 3.63) is 0 Å². The number of nitrogens with two attached hydrogens (primary N) is 1. The minimum atomic E-state index is -0.436. The van der Waals surface area contributed by atoms with Gasteiger partial charge in [0.05, 0.1) is 0 Å². The quantitative estimate of drug-likeness (QED) is 0.689. The molecule has 1 rings (SSSR count). The Kier molecular flexibility index (Phi) is 3.53. The molecule has 94 valence electrons. The summed E-state index contributed by atoms with van der Waals surface area (Å²) in [6.07, 6.45) is 0.673. The zero-order valence-corrected chi connectivity index (χ0v) is 11.0. The lowest BCUT2D eigenvalue weighted by Crippen LogP contribution is -2.55. The van der Waals surface area contributed by atoms with Gasteiger partial charge in [-0.05, 0) is 32.6 Å². The number of hydrogen-bond donors (Lipinski definition) is 1. The summed E-state index contributed by atoms with van der Waals surface area (Å²) < 4.78 is 5.33. The minimum absolute atomic E-state index is 0.0220. The summed E-state index contributed by atoms with van der Waals surface area (Å²) in [4.78, 5) is 13.5. The van der Waals surface area contributed by atoms with E-state index in [4.69, 9.17) is 10.5 Å². The highest BCUT2D eigenvalue weighted by Crippen LogP contribution is 2.29. The van der Waals surface area contributed by atoms with E-state index in [0.29, 0.717) is 6.54 Å². The van der Waals surface area contributed by atoms with Crippen LogP contribution in [0.2, 0.25) is 0 Å². The van der Waals surface area contributed by atoms with Crippen molar-refractivity contribution in [2.75, 3.05) is 13.1 Å². The largest absolute Gasteiger partial charge is 0.444 e. The highest BCUT2D eigenvalue weighted by Gasteiger charge is 2.36. The lowest BCUT2D eigenvalue weighted by molar-refractivity contribution is 0.00948. The van der Waals surface area contributed by atoms with E-state index in [-0.39, 0.29) is 17.6 Å². The van der Waals surface area contributed by atoms with Gasteiger partial charge in [0, 0.05) is 19.1 Å². The molecule has 1 amide bonds. The third-order valence-electron chi connectivity index (χ3n) is 3.10. The van der Waals surface area contributed by atoms with Gasteiger partial charge in [-0.3, -0.25) is 0 Å². The summed E-state index contributed by atoms with van der Waals surface area (Å²) in [7, 11) is 0. The Morgan fingerprint density at radius 3 is 2.44 bits per heavy atom. The maximum atomic E-state index is 11.8. The second-order valence-corrected chi connectivity index (χ2v) is 6.27. The Labute approximate surface area is 98.1 Å². The molecule has 0 aromatic carbocycles. The van der Waals surface area contributed by atoms with Gasteiger partial charge in [0.25, 0.3) is 0 Å². The fraction of sp³-hybridized carbons (Fsp3) is 0.917. The van der Waals surface area contributed by atoms with E-state index >= 15 is 0 Å². The van der Waals surface area contributed by atoms with Gasteiger partial charge in [-0.2, -0.15) is 0 Å². The standard InChI is InChI=1S/C12H24N2O2/c1-11(2,3)16-10(15)14-7-6-12(4,5)9(13)8-14/h9H,6-8,13H2,1-5H3/t9-/m0/s1. The minimum Gasteiger partial charge on any atom is -0.444 e. The zero-order valence-electron chi connectivity index (χ0n) is 11.0. The number of ether oxygens (including phenoxy) is 1. The summed E-state index contributed by atoms with van der Waals surface area (Å²) >= 11 is 0. The molecular formula is C12H24N2O2. The van der Waals surface area contributed by atoms with Gasteiger partial charge < -0.3 is 15.4 Å². The lowest BCUT2D eigenvalue weighted by Gasteiger charge is -2.42. The van der Waals surface area contributed by atoms with Crippen molar-refractivity contribution >= 4 is 6.09 Å². The van der Waals surface area contributed by atoms with Crippen LogP contribution in [-0.4, -0.2) is 35.7 Å². The topological polar surface area (TPSA) is 55.6 Å². The molecule has 0 unspecified atom stereocenters. The third kappa shape index (κ3) is 3.37. The van der Waals surface area contributed by atoms with Crippen molar-refractivity contribution in [3.63, 3.8) is 0 Å². The van der Waals surface area contributed by atoms with Gasteiger partial charge in [0.15, 0.2) is 0 Å². The Morgan fingerprint density at radius 1 is 1.44 bits per heavy atom. The summed E-state index contributed by atoms with van der Waals surface area (Å²) in [5.74, 6) is 0. The number of carbonyl (C=O) groups is 1. The van der Waals surface area contributed by atoms with E-state index < -0.39 is 5.60 Å². The number of nitrogens with zero attached hydrogens (tertiary/aromatic N) is 1. The van der Waals surface area contributed by atoms with Crippen LogP contribution in [0, 0.1) is 5.41 Å². The van der Waals surface area contributed by atoms with Gasteiger partial charge in [0.2, 0.25) is 0 Å². The van der Waals surface area contributed by atoms with Crippen molar-refractivity contribution in [2.45, 2.75) is 52.7 Å². The summed E-state index contributed by atoms with van der Waals surface area (Å²) in [6.45, 7) is 11.2. The van der Waals surface area contributed by atoms with Crippen LogP contribution in [0.25, 0.3) is 0 Å². The van der Waals surface area contributed by atoms with Crippen LogP contribution in [0.4, 0.5) is 4.79 Å². The van der Waals surface area contributed by atoms with E-state index in [1.54, 1.807) is 4.90 Å². The molecule has 0 aromatic heterocycles. The Bertz CT molecular complexity index is 269.